The first-order valence-corrected chi connectivity index (χ1v) is 6.68. The number of fused-ring (bicyclic) bond motifs is 3. The van der Waals surface area contributed by atoms with Crippen LogP contribution in [0.1, 0.15) is 18.2 Å². The molecule has 0 saturated carbocycles. The topological polar surface area (TPSA) is 4.93 Å². The summed E-state index contributed by atoms with van der Waals surface area (Å²) in [5.41, 5.74) is 6.89. The Labute approximate surface area is 112 Å². The average Bonchev–Trinajstić information content (AvgIpc) is 2.98. The van der Waals surface area contributed by atoms with Crippen molar-refractivity contribution < 1.29 is 0 Å². The third-order valence-electron chi connectivity index (χ3n) is 4.09. The minimum absolute atomic E-state index is 0.985. The molecule has 1 heteroatoms. The van der Waals surface area contributed by atoms with Gasteiger partial charge in [-0.3, -0.25) is 0 Å². The van der Waals surface area contributed by atoms with E-state index in [1.807, 2.05) is 0 Å². The molecule has 0 radical (unpaired) electrons. The number of hydrogen-bond acceptors (Lipinski definition) is 0. The molecule has 1 aliphatic rings. The number of rotatable bonds is 1. The molecule has 4 rings (SSSR count). The van der Waals surface area contributed by atoms with Crippen molar-refractivity contribution in [1.29, 1.82) is 0 Å². The van der Waals surface area contributed by atoms with E-state index < -0.39 is 0 Å². The summed E-state index contributed by atoms with van der Waals surface area (Å²) < 4.78 is 2.42. The molecule has 0 atom stereocenters. The Kier molecular flexibility index (Phi) is 2.16. The van der Waals surface area contributed by atoms with Crippen LogP contribution >= 0.6 is 0 Å². The molecule has 0 N–H and O–H groups in total. The molecule has 1 aliphatic heterocycles. The monoisotopic (exact) mass is 245 g/mol. The van der Waals surface area contributed by atoms with E-state index in [0.717, 1.165) is 6.54 Å². The van der Waals surface area contributed by atoms with Gasteiger partial charge in [-0.05, 0) is 35.8 Å². The molecule has 0 unspecified atom stereocenters. The lowest BCUT2D eigenvalue weighted by Gasteiger charge is -2.05. The Hall–Kier alpha value is -2.28. The van der Waals surface area contributed by atoms with Crippen molar-refractivity contribution in [3.05, 3.63) is 71.9 Å². The molecular weight excluding hydrogens is 230 g/mol. The van der Waals surface area contributed by atoms with Gasteiger partial charge in [0.1, 0.15) is 0 Å². The zero-order valence-electron chi connectivity index (χ0n) is 10.9. The molecular formula is C18H15N. The first kappa shape index (κ1) is 10.6. The number of hydrogen-bond donors (Lipinski definition) is 0. The fraction of sp³-hybridized carbons (Fsp3) is 0.111. The molecule has 0 aliphatic carbocycles. The van der Waals surface area contributed by atoms with Crippen molar-refractivity contribution in [1.82, 2.24) is 4.57 Å². The van der Waals surface area contributed by atoms with E-state index in [4.69, 9.17) is 0 Å². The van der Waals surface area contributed by atoms with E-state index in [9.17, 15) is 0 Å². The number of nitrogens with zero attached hydrogens (tertiary/aromatic N) is 1. The Balaban J connectivity index is 1.92. The standard InChI is InChI=1S/C18H15N/c1-13-16(14-7-3-2-4-8-14)12-19-17-10-6-5-9-15(17)11-18(13)19/h2-11H,12H2,1H3. The van der Waals surface area contributed by atoms with Gasteiger partial charge in [0.2, 0.25) is 0 Å². The van der Waals surface area contributed by atoms with Gasteiger partial charge in [-0.25, -0.2) is 0 Å². The fourth-order valence-electron chi connectivity index (χ4n) is 3.07. The van der Waals surface area contributed by atoms with Crippen molar-refractivity contribution in [3.8, 4) is 0 Å². The van der Waals surface area contributed by atoms with Gasteiger partial charge in [-0.1, -0.05) is 48.5 Å². The van der Waals surface area contributed by atoms with E-state index in [0.29, 0.717) is 0 Å². The highest BCUT2D eigenvalue weighted by Gasteiger charge is 2.21. The molecule has 1 nitrogen and oxygen atoms in total. The van der Waals surface area contributed by atoms with Crippen LogP contribution in [0, 0.1) is 0 Å². The zero-order chi connectivity index (χ0) is 12.8. The average molecular weight is 245 g/mol. The maximum absolute atomic E-state index is 2.42. The molecule has 0 saturated heterocycles. The van der Waals surface area contributed by atoms with Crippen LogP contribution in [0.15, 0.2) is 60.7 Å². The van der Waals surface area contributed by atoms with Gasteiger partial charge in [0.25, 0.3) is 0 Å². The van der Waals surface area contributed by atoms with E-state index in [-0.39, 0.29) is 0 Å². The van der Waals surface area contributed by atoms with Crippen LogP contribution in [0.2, 0.25) is 0 Å². The first-order chi connectivity index (χ1) is 9.34. The highest BCUT2D eigenvalue weighted by Crippen LogP contribution is 2.37. The van der Waals surface area contributed by atoms with Crippen LogP contribution in [0.4, 0.5) is 0 Å². The molecule has 0 fully saturated rings. The second-order valence-electron chi connectivity index (χ2n) is 5.14. The summed E-state index contributed by atoms with van der Waals surface area (Å²) in [6, 6.07) is 21.6. The summed E-state index contributed by atoms with van der Waals surface area (Å²) in [7, 11) is 0. The minimum Gasteiger partial charge on any atom is -0.336 e. The molecule has 0 spiro atoms. The van der Waals surface area contributed by atoms with Gasteiger partial charge in [-0.15, -0.1) is 0 Å². The predicted octanol–water partition coefficient (Wildman–Crippen LogP) is 4.59. The predicted molar refractivity (Wildman–Crippen MR) is 80.9 cm³/mol. The van der Waals surface area contributed by atoms with Crippen molar-refractivity contribution in [2.75, 3.05) is 0 Å². The quantitative estimate of drug-likeness (QED) is 0.591. The molecule has 2 aromatic carbocycles. The number of para-hydroxylation sites is 1. The SMILES string of the molecule is CC1=C(c2ccccc2)Cn2c1cc1ccccc12. The summed E-state index contributed by atoms with van der Waals surface area (Å²) in [4.78, 5) is 0. The molecule has 0 bridgehead atoms. The highest BCUT2D eigenvalue weighted by atomic mass is 15.0. The third-order valence-corrected chi connectivity index (χ3v) is 4.09. The maximum Gasteiger partial charge on any atom is 0.0491 e. The lowest BCUT2D eigenvalue weighted by molar-refractivity contribution is 0.892. The van der Waals surface area contributed by atoms with Gasteiger partial charge < -0.3 is 4.57 Å². The van der Waals surface area contributed by atoms with Crippen LogP contribution in [-0.2, 0) is 6.54 Å². The minimum atomic E-state index is 0.985. The molecule has 3 aromatic rings. The van der Waals surface area contributed by atoms with Gasteiger partial charge in [-0.2, -0.15) is 0 Å². The van der Waals surface area contributed by atoms with Crippen LogP contribution in [0.3, 0.4) is 0 Å². The van der Waals surface area contributed by atoms with Crippen molar-refractivity contribution in [2.45, 2.75) is 13.5 Å². The first-order valence-electron chi connectivity index (χ1n) is 6.68. The van der Waals surface area contributed by atoms with E-state index in [1.165, 1.54) is 33.3 Å². The lowest BCUT2D eigenvalue weighted by atomic mass is 10.0. The Morgan fingerprint density at radius 3 is 2.47 bits per heavy atom. The molecule has 92 valence electrons. The Morgan fingerprint density at radius 1 is 0.895 bits per heavy atom. The molecule has 1 aromatic heterocycles. The van der Waals surface area contributed by atoms with Crippen LogP contribution < -0.4 is 0 Å². The second-order valence-corrected chi connectivity index (χ2v) is 5.14. The molecule has 2 heterocycles. The Morgan fingerprint density at radius 2 is 1.63 bits per heavy atom. The van der Waals surface area contributed by atoms with Gasteiger partial charge in [0.05, 0.1) is 0 Å². The maximum atomic E-state index is 2.42. The van der Waals surface area contributed by atoms with Crippen molar-refractivity contribution in [2.24, 2.45) is 0 Å². The normalized spacial score (nSPS) is 14.2. The third kappa shape index (κ3) is 1.48. The lowest BCUT2D eigenvalue weighted by Crippen LogP contribution is -1.95. The summed E-state index contributed by atoms with van der Waals surface area (Å²) in [6.07, 6.45) is 0. The fourth-order valence-corrected chi connectivity index (χ4v) is 3.07. The summed E-state index contributed by atoms with van der Waals surface area (Å²) >= 11 is 0. The van der Waals surface area contributed by atoms with E-state index in [2.05, 4.69) is 72.2 Å². The largest absolute Gasteiger partial charge is 0.336 e. The molecule has 19 heavy (non-hydrogen) atoms. The summed E-state index contributed by atoms with van der Waals surface area (Å²) in [5.74, 6) is 0. The van der Waals surface area contributed by atoms with E-state index in [1.54, 1.807) is 0 Å². The van der Waals surface area contributed by atoms with Crippen LogP contribution in [0.5, 0.6) is 0 Å². The highest BCUT2D eigenvalue weighted by molar-refractivity contribution is 5.97. The second kappa shape index (κ2) is 3.86. The number of aromatic nitrogens is 1. The number of benzene rings is 2. The van der Waals surface area contributed by atoms with E-state index >= 15 is 0 Å². The summed E-state index contributed by atoms with van der Waals surface area (Å²) in [5, 5.41) is 1.34. The summed E-state index contributed by atoms with van der Waals surface area (Å²) in [6.45, 7) is 3.22. The van der Waals surface area contributed by atoms with Gasteiger partial charge in [0.15, 0.2) is 0 Å². The van der Waals surface area contributed by atoms with Gasteiger partial charge in [0, 0.05) is 23.1 Å². The van der Waals surface area contributed by atoms with Crippen molar-refractivity contribution >= 4 is 22.0 Å². The smallest absolute Gasteiger partial charge is 0.0491 e. The number of allylic oxidation sites excluding steroid dienone is 2. The van der Waals surface area contributed by atoms with Crippen molar-refractivity contribution in [3.63, 3.8) is 0 Å². The molecule has 0 amide bonds. The van der Waals surface area contributed by atoms with Crippen LogP contribution in [-0.4, -0.2) is 4.57 Å². The van der Waals surface area contributed by atoms with Crippen LogP contribution in [0.25, 0.3) is 22.0 Å². The zero-order valence-corrected chi connectivity index (χ0v) is 10.9. The Bertz CT molecular complexity index is 791. The van der Waals surface area contributed by atoms with Gasteiger partial charge >= 0.3 is 0 Å².